The standard InChI is InChI=1S/C47H85NO5S/c1-3-5-7-9-11-13-15-17-19-21-23-24-25-27-29-31-33-35-37-39-41-43-47(50)48-45(44-54(51,52)53)46(49)42-40-38-36-34-32-30-28-26-22-20-18-16-14-12-10-8-6-4-2/h15,17,21-23,26,32,34,40,42,45-46,49H,3-14,16,18-20,24-25,27-31,33,35-39,41,43-44H2,1-2H3,(H,48,50)(H,51,52,53)/b17-15-,23-21-,26-22+,34-32+,42-40+. The Kier molecular flexibility index (Phi) is 39.2. The lowest BCUT2D eigenvalue weighted by Gasteiger charge is -2.21. The largest absolute Gasteiger partial charge is 0.387 e. The van der Waals surface area contributed by atoms with E-state index in [4.69, 9.17) is 0 Å². The van der Waals surface area contributed by atoms with Crippen molar-refractivity contribution in [3.05, 3.63) is 60.8 Å². The normalized spacial score (nSPS) is 13.8. The molecule has 0 radical (unpaired) electrons. The Bertz CT molecular complexity index is 1080. The Morgan fingerprint density at radius 1 is 0.500 bits per heavy atom. The van der Waals surface area contributed by atoms with E-state index < -0.39 is 28.0 Å². The second-order valence-electron chi connectivity index (χ2n) is 15.3. The predicted octanol–water partition coefficient (Wildman–Crippen LogP) is 13.6. The van der Waals surface area contributed by atoms with Crippen LogP contribution in [0.5, 0.6) is 0 Å². The minimum Gasteiger partial charge on any atom is -0.387 e. The summed E-state index contributed by atoms with van der Waals surface area (Å²) in [5.41, 5.74) is 0. The zero-order chi connectivity index (χ0) is 39.6. The van der Waals surface area contributed by atoms with Crippen molar-refractivity contribution in [3.63, 3.8) is 0 Å². The van der Waals surface area contributed by atoms with Crippen LogP contribution < -0.4 is 5.32 Å². The number of nitrogens with one attached hydrogen (secondary N) is 1. The first-order chi connectivity index (χ1) is 26.3. The fourth-order valence-electron chi connectivity index (χ4n) is 6.51. The zero-order valence-corrected chi connectivity index (χ0v) is 35.9. The molecule has 1 amide bonds. The molecule has 0 aromatic heterocycles. The van der Waals surface area contributed by atoms with E-state index in [0.717, 1.165) is 51.4 Å². The molecule has 3 N–H and O–H groups in total. The van der Waals surface area contributed by atoms with Gasteiger partial charge in [0.2, 0.25) is 5.91 Å². The van der Waals surface area contributed by atoms with E-state index in [1.165, 1.54) is 141 Å². The first-order valence-corrected chi connectivity index (χ1v) is 24.1. The smallest absolute Gasteiger partial charge is 0.267 e. The van der Waals surface area contributed by atoms with Crippen molar-refractivity contribution in [1.82, 2.24) is 5.32 Å². The van der Waals surface area contributed by atoms with E-state index in [2.05, 4.69) is 67.8 Å². The van der Waals surface area contributed by atoms with Crippen LogP contribution in [0.2, 0.25) is 0 Å². The summed E-state index contributed by atoms with van der Waals surface area (Å²) in [5, 5.41) is 13.2. The molecule has 6 nitrogen and oxygen atoms in total. The molecule has 0 spiro atoms. The number of allylic oxidation sites excluding steroid dienone is 9. The molecular weight excluding hydrogens is 691 g/mol. The summed E-state index contributed by atoms with van der Waals surface area (Å²) in [5.74, 6) is -1.02. The highest BCUT2D eigenvalue weighted by Gasteiger charge is 2.24. The number of amides is 1. The third kappa shape index (κ3) is 41.2. The SMILES string of the molecule is CCCCCCC/C=C\C/C=C\CCCCCCCCCCCC(=O)NC(CS(=O)(=O)O)C(O)/C=C/CC/C=C/CC/C=C/CCCCCCCCCC. The summed E-state index contributed by atoms with van der Waals surface area (Å²) >= 11 is 0. The predicted molar refractivity (Wildman–Crippen MR) is 235 cm³/mol. The van der Waals surface area contributed by atoms with Crippen molar-refractivity contribution < 1.29 is 22.9 Å². The molecule has 7 heteroatoms. The molecule has 54 heavy (non-hydrogen) atoms. The lowest BCUT2D eigenvalue weighted by atomic mass is 10.1. The van der Waals surface area contributed by atoms with Gasteiger partial charge in [-0.25, -0.2) is 0 Å². The molecule has 0 saturated heterocycles. The second-order valence-corrected chi connectivity index (χ2v) is 16.8. The van der Waals surface area contributed by atoms with Crippen molar-refractivity contribution in [2.75, 3.05) is 5.75 Å². The van der Waals surface area contributed by atoms with Gasteiger partial charge in [-0.3, -0.25) is 9.35 Å². The number of hydrogen-bond donors (Lipinski definition) is 3. The molecule has 0 rings (SSSR count). The van der Waals surface area contributed by atoms with Crippen molar-refractivity contribution in [3.8, 4) is 0 Å². The molecule has 0 aliphatic heterocycles. The number of aliphatic hydroxyl groups is 1. The van der Waals surface area contributed by atoms with Gasteiger partial charge in [-0.2, -0.15) is 8.42 Å². The van der Waals surface area contributed by atoms with Gasteiger partial charge < -0.3 is 10.4 Å². The summed E-state index contributed by atoms with van der Waals surface area (Å²) in [6.07, 6.45) is 56.4. The molecule has 0 saturated carbocycles. The molecule has 0 fully saturated rings. The lowest BCUT2D eigenvalue weighted by molar-refractivity contribution is -0.122. The molecule has 0 aliphatic rings. The van der Waals surface area contributed by atoms with Crippen LogP contribution in [0.1, 0.15) is 213 Å². The molecular formula is C47H85NO5S. The van der Waals surface area contributed by atoms with Crippen molar-refractivity contribution in [2.45, 2.75) is 225 Å². The summed E-state index contributed by atoms with van der Waals surface area (Å²) in [7, 11) is -4.36. The fourth-order valence-corrected chi connectivity index (χ4v) is 7.25. The van der Waals surface area contributed by atoms with Crippen LogP contribution in [0.25, 0.3) is 0 Å². The van der Waals surface area contributed by atoms with Gasteiger partial charge in [-0.1, -0.05) is 190 Å². The van der Waals surface area contributed by atoms with Gasteiger partial charge in [-0.15, -0.1) is 0 Å². The highest BCUT2D eigenvalue weighted by Crippen LogP contribution is 2.13. The molecule has 0 aromatic carbocycles. The topological polar surface area (TPSA) is 104 Å². The van der Waals surface area contributed by atoms with Crippen LogP contribution in [0.3, 0.4) is 0 Å². The second kappa shape index (κ2) is 40.7. The van der Waals surface area contributed by atoms with Crippen LogP contribution in [-0.2, 0) is 14.9 Å². The van der Waals surface area contributed by atoms with Gasteiger partial charge in [-0.05, 0) is 77.0 Å². The van der Waals surface area contributed by atoms with E-state index in [1.54, 1.807) is 6.08 Å². The Balaban J connectivity index is 3.95. The van der Waals surface area contributed by atoms with E-state index >= 15 is 0 Å². The van der Waals surface area contributed by atoms with Gasteiger partial charge in [0.1, 0.15) is 0 Å². The van der Waals surface area contributed by atoms with Gasteiger partial charge in [0.05, 0.1) is 17.9 Å². The fraction of sp³-hybridized carbons (Fsp3) is 0.766. The van der Waals surface area contributed by atoms with E-state index in [0.29, 0.717) is 6.42 Å². The first-order valence-electron chi connectivity index (χ1n) is 22.5. The Morgan fingerprint density at radius 2 is 0.852 bits per heavy atom. The number of aliphatic hydroxyl groups excluding tert-OH is 1. The van der Waals surface area contributed by atoms with E-state index in [-0.39, 0.29) is 12.3 Å². The molecule has 0 aromatic rings. The van der Waals surface area contributed by atoms with Gasteiger partial charge in [0.15, 0.2) is 0 Å². The lowest BCUT2D eigenvalue weighted by Crippen LogP contribution is -2.46. The summed E-state index contributed by atoms with van der Waals surface area (Å²) in [6.45, 7) is 4.52. The van der Waals surface area contributed by atoms with Crippen molar-refractivity contribution >= 4 is 16.0 Å². The quantitative estimate of drug-likeness (QED) is 0.0327. The molecule has 0 aliphatic carbocycles. The average molecular weight is 776 g/mol. The van der Waals surface area contributed by atoms with E-state index in [9.17, 15) is 22.9 Å². The first kappa shape index (κ1) is 52.0. The van der Waals surface area contributed by atoms with Crippen molar-refractivity contribution in [1.29, 1.82) is 0 Å². The molecule has 2 atom stereocenters. The Hall–Kier alpha value is -1.96. The summed E-state index contributed by atoms with van der Waals surface area (Å²) in [6, 6.07) is -1.08. The number of carbonyl (C=O) groups excluding carboxylic acids is 1. The van der Waals surface area contributed by atoms with Gasteiger partial charge in [0, 0.05) is 6.42 Å². The maximum atomic E-state index is 12.5. The number of hydrogen-bond acceptors (Lipinski definition) is 4. The minimum atomic E-state index is -4.36. The maximum absolute atomic E-state index is 12.5. The van der Waals surface area contributed by atoms with Crippen LogP contribution in [-0.4, -0.2) is 41.9 Å². The molecule has 2 unspecified atom stereocenters. The van der Waals surface area contributed by atoms with Crippen molar-refractivity contribution in [2.24, 2.45) is 0 Å². The zero-order valence-electron chi connectivity index (χ0n) is 35.1. The summed E-state index contributed by atoms with van der Waals surface area (Å²) < 4.78 is 32.6. The van der Waals surface area contributed by atoms with Crippen LogP contribution in [0.15, 0.2) is 60.8 Å². The molecule has 0 bridgehead atoms. The highest BCUT2D eigenvalue weighted by molar-refractivity contribution is 7.85. The van der Waals surface area contributed by atoms with Gasteiger partial charge in [0.25, 0.3) is 10.1 Å². The van der Waals surface area contributed by atoms with Gasteiger partial charge >= 0.3 is 0 Å². The third-order valence-corrected chi connectivity index (χ3v) is 10.7. The average Bonchev–Trinajstić information content (AvgIpc) is 3.14. The molecule has 0 heterocycles. The number of unbranched alkanes of at least 4 members (excludes halogenated alkanes) is 24. The highest BCUT2D eigenvalue weighted by atomic mass is 32.2. The monoisotopic (exact) mass is 776 g/mol. The minimum absolute atomic E-state index is 0.278. The molecule has 314 valence electrons. The Morgan fingerprint density at radius 3 is 1.28 bits per heavy atom. The van der Waals surface area contributed by atoms with Crippen LogP contribution >= 0.6 is 0 Å². The van der Waals surface area contributed by atoms with Crippen LogP contribution in [0, 0.1) is 0 Å². The van der Waals surface area contributed by atoms with E-state index in [1.807, 2.05) is 0 Å². The Labute approximate surface area is 334 Å². The van der Waals surface area contributed by atoms with Crippen LogP contribution in [0.4, 0.5) is 0 Å². The number of rotatable bonds is 40. The third-order valence-electron chi connectivity index (χ3n) is 9.89. The summed E-state index contributed by atoms with van der Waals surface area (Å²) in [4.78, 5) is 12.5. The maximum Gasteiger partial charge on any atom is 0.267 e. The number of carbonyl (C=O) groups is 1.